The van der Waals surface area contributed by atoms with Crippen LogP contribution in [0, 0.1) is 0 Å². The highest BCUT2D eigenvalue weighted by molar-refractivity contribution is 6.42. The molecule has 0 bridgehead atoms. The van der Waals surface area contributed by atoms with Gasteiger partial charge < -0.3 is 15.0 Å². The van der Waals surface area contributed by atoms with Gasteiger partial charge in [0.15, 0.2) is 0 Å². The van der Waals surface area contributed by atoms with Gasteiger partial charge in [-0.05, 0) is 55.7 Å². The predicted molar refractivity (Wildman–Crippen MR) is 115 cm³/mol. The number of carbonyl (C=O) groups excluding carboxylic acids is 2. The van der Waals surface area contributed by atoms with E-state index >= 15 is 0 Å². The molecule has 0 unspecified atom stereocenters. The molecule has 154 valence electrons. The van der Waals surface area contributed by atoms with Crippen molar-refractivity contribution in [3.05, 3.63) is 63.6 Å². The van der Waals surface area contributed by atoms with E-state index in [1.165, 1.54) is 0 Å². The zero-order chi connectivity index (χ0) is 20.8. The molecule has 0 radical (unpaired) electrons. The first kappa shape index (κ1) is 21.5. The molecule has 0 saturated carbocycles. The second kappa shape index (κ2) is 9.99. The maximum atomic E-state index is 12.6. The lowest BCUT2D eigenvalue weighted by Gasteiger charge is -2.32. The Balaban J connectivity index is 1.47. The summed E-state index contributed by atoms with van der Waals surface area (Å²) in [6.45, 7) is 3.81. The van der Waals surface area contributed by atoms with Crippen molar-refractivity contribution < 1.29 is 14.3 Å². The van der Waals surface area contributed by atoms with Crippen LogP contribution < -0.4 is 10.1 Å². The maximum Gasteiger partial charge on any atom is 0.251 e. The van der Waals surface area contributed by atoms with Crippen LogP contribution in [0.5, 0.6) is 5.75 Å². The molecular formula is C22H24Cl2N2O3. The summed E-state index contributed by atoms with van der Waals surface area (Å²) in [6, 6.07) is 12.5. The Bertz CT molecular complexity index is 863. The van der Waals surface area contributed by atoms with Crippen molar-refractivity contribution in [2.75, 3.05) is 19.7 Å². The Morgan fingerprint density at radius 1 is 1.07 bits per heavy atom. The first-order valence-corrected chi connectivity index (χ1v) is 10.5. The van der Waals surface area contributed by atoms with Gasteiger partial charge in [-0.3, -0.25) is 9.59 Å². The number of amides is 2. The third-order valence-electron chi connectivity index (χ3n) is 4.95. The van der Waals surface area contributed by atoms with Gasteiger partial charge in [0.25, 0.3) is 5.91 Å². The number of carbonyl (C=O) groups is 2. The highest BCUT2D eigenvalue weighted by atomic mass is 35.5. The van der Waals surface area contributed by atoms with E-state index in [1.54, 1.807) is 18.2 Å². The summed E-state index contributed by atoms with van der Waals surface area (Å²) in [5.41, 5.74) is 1.45. The summed E-state index contributed by atoms with van der Waals surface area (Å²) >= 11 is 11.9. The van der Waals surface area contributed by atoms with Gasteiger partial charge in [0.05, 0.1) is 23.1 Å². The second-order valence-electron chi connectivity index (χ2n) is 7.01. The molecule has 2 aromatic rings. The molecule has 0 atom stereocenters. The van der Waals surface area contributed by atoms with E-state index in [1.807, 2.05) is 36.1 Å². The van der Waals surface area contributed by atoms with Gasteiger partial charge >= 0.3 is 0 Å². The smallest absolute Gasteiger partial charge is 0.251 e. The lowest BCUT2D eigenvalue weighted by Crippen LogP contribution is -2.47. The first-order chi connectivity index (χ1) is 14.0. The Morgan fingerprint density at radius 3 is 2.38 bits per heavy atom. The van der Waals surface area contributed by atoms with Crippen LogP contribution in [0.1, 0.15) is 35.7 Å². The molecule has 3 rings (SSSR count). The molecule has 1 heterocycles. The minimum absolute atomic E-state index is 0.0338. The zero-order valence-electron chi connectivity index (χ0n) is 16.3. The standard InChI is InChI=1S/C22H24Cl2N2O3/c1-2-29-18-6-3-15(4-7-18)13-21(27)26-11-9-17(10-12-26)25-22(28)16-5-8-19(23)20(24)14-16/h3-8,14,17H,2,9-13H2,1H3,(H,25,28). The molecule has 1 aliphatic rings. The van der Waals surface area contributed by atoms with Crippen LogP contribution in [-0.2, 0) is 11.2 Å². The van der Waals surface area contributed by atoms with Gasteiger partial charge in [0.1, 0.15) is 5.75 Å². The van der Waals surface area contributed by atoms with Crippen molar-refractivity contribution in [2.45, 2.75) is 32.2 Å². The molecule has 5 nitrogen and oxygen atoms in total. The van der Waals surface area contributed by atoms with Crippen LogP contribution in [0.2, 0.25) is 10.0 Å². The molecule has 2 aromatic carbocycles. The lowest BCUT2D eigenvalue weighted by molar-refractivity contribution is -0.131. The van der Waals surface area contributed by atoms with Gasteiger partial charge in [-0.2, -0.15) is 0 Å². The normalized spacial score (nSPS) is 14.5. The molecule has 2 amide bonds. The van der Waals surface area contributed by atoms with E-state index in [2.05, 4.69) is 5.32 Å². The van der Waals surface area contributed by atoms with Gasteiger partial charge in [0.2, 0.25) is 5.91 Å². The minimum Gasteiger partial charge on any atom is -0.494 e. The van der Waals surface area contributed by atoms with Crippen LogP contribution in [0.15, 0.2) is 42.5 Å². The van der Waals surface area contributed by atoms with E-state index in [0.29, 0.717) is 41.7 Å². The van der Waals surface area contributed by atoms with E-state index in [-0.39, 0.29) is 17.9 Å². The number of rotatable bonds is 6. The second-order valence-corrected chi connectivity index (χ2v) is 7.83. The average molecular weight is 435 g/mol. The Kier molecular flexibility index (Phi) is 7.40. The molecule has 0 spiro atoms. The number of piperidine rings is 1. The first-order valence-electron chi connectivity index (χ1n) is 9.71. The molecule has 29 heavy (non-hydrogen) atoms. The van der Waals surface area contributed by atoms with Crippen molar-refractivity contribution >= 4 is 35.0 Å². The number of nitrogens with one attached hydrogen (secondary N) is 1. The van der Waals surface area contributed by atoms with Crippen LogP contribution in [0.25, 0.3) is 0 Å². The third-order valence-corrected chi connectivity index (χ3v) is 5.69. The fourth-order valence-corrected chi connectivity index (χ4v) is 3.63. The molecule has 1 N–H and O–H groups in total. The molecular weight excluding hydrogens is 411 g/mol. The van der Waals surface area contributed by atoms with Crippen molar-refractivity contribution in [1.29, 1.82) is 0 Å². The summed E-state index contributed by atoms with van der Waals surface area (Å²) in [7, 11) is 0. The Morgan fingerprint density at radius 2 is 1.76 bits per heavy atom. The maximum absolute atomic E-state index is 12.6. The van der Waals surface area contributed by atoms with Crippen LogP contribution in [0.4, 0.5) is 0 Å². The van der Waals surface area contributed by atoms with Crippen molar-refractivity contribution in [2.24, 2.45) is 0 Å². The number of benzene rings is 2. The average Bonchev–Trinajstić information content (AvgIpc) is 2.72. The van der Waals surface area contributed by atoms with Crippen molar-refractivity contribution in [3.8, 4) is 5.75 Å². The van der Waals surface area contributed by atoms with E-state index in [0.717, 1.165) is 24.2 Å². The number of likely N-dealkylation sites (tertiary alicyclic amines) is 1. The quantitative estimate of drug-likeness (QED) is 0.734. The summed E-state index contributed by atoms with van der Waals surface area (Å²) < 4.78 is 5.43. The predicted octanol–water partition coefficient (Wildman–Crippen LogP) is 4.36. The highest BCUT2D eigenvalue weighted by Crippen LogP contribution is 2.23. The molecule has 1 aliphatic heterocycles. The molecule has 7 heteroatoms. The van der Waals surface area contributed by atoms with E-state index in [4.69, 9.17) is 27.9 Å². The Labute approximate surface area is 180 Å². The largest absolute Gasteiger partial charge is 0.494 e. The fraction of sp³-hybridized carbons (Fsp3) is 0.364. The molecule has 0 aliphatic carbocycles. The topological polar surface area (TPSA) is 58.6 Å². The van der Waals surface area contributed by atoms with Gasteiger partial charge in [-0.1, -0.05) is 35.3 Å². The molecule has 0 aromatic heterocycles. The number of halogens is 2. The van der Waals surface area contributed by atoms with Crippen molar-refractivity contribution in [1.82, 2.24) is 10.2 Å². The highest BCUT2D eigenvalue weighted by Gasteiger charge is 2.24. The van der Waals surface area contributed by atoms with Gasteiger partial charge in [-0.15, -0.1) is 0 Å². The SMILES string of the molecule is CCOc1ccc(CC(=O)N2CCC(NC(=O)c3ccc(Cl)c(Cl)c3)CC2)cc1. The van der Waals surface area contributed by atoms with Crippen LogP contribution in [-0.4, -0.2) is 42.5 Å². The van der Waals surface area contributed by atoms with Gasteiger partial charge in [0, 0.05) is 24.7 Å². The summed E-state index contributed by atoms with van der Waals surface area (Å²) in [5.74, 6) is 0.730. The number of ether oxygens (including phenoxy) is 1. The zero-order valence-corrected chi connectivity index (χ0v) is 17.8. The number of hydrogen-bond acceptors (Lipinski definition) is 3. The molecule has 1 saturated heterocycles. The van der Waals surface area contributed by atoms with Crippen molar-refractivity contribution in [3.63, 3.8) is 0 Å². The summed E-state index contributed by atoms with van der Waals surface area (Å²) in [6.07, 6.45) is 1.82. The molecule has 1 fully saturated rings. The fourth-order valence-electron chi connectivity index (χ4n) is 3.34. The number of nitrogens with zero attached hydrogens (tertiary/aromatic N) is 1. The minimum atomic E-state index is -0.178. The van der Waals surface area contributed by atoms with E-state index in [9.17, 15) is 9.59 Å². The lowest BCUT2D eigenvalue weighted by atomic mass is 10.0. The van der Waals surface area contributed by atoms with E-state index < -0.39 is 0 Å². The van der Waals surface area contributed by atoms with Gasteiger partial charge in [-0.25, -0.2) is 0 Å². The van der Waals surface area contributed by atoms with Crippen LogP contribution in [0.3, 0.4) is 0 Å². The summed E-state index contributed by atoms with van der Waals surface area (Å²) in [4.78, 5) is 26.8. The van der Waals surface area contributed by atoms with Crippen LogP contribution >= 0.6 is 23.2 Å². The third kappa shape index (κ3) is 5.87. The summed E-state index contributed by atoms with van der Waals surface area (Å²) in [5, 5.41) is 3.79. The number of hydrogen-bond donors (Lipinski definition) is 1. The monoisotopic (exact) mass is 434 g/mol. The Hall–Kier alpha value is -2.24.